The van der Waals surface area contributed by atoms with Crippen LogP contribution in [-0.4, -0.2) is 22.5 Å². The van der Waals surface area contributed by atoms with Crippen molar-refractivity contribution in [3.8, 4) is 5.75 Å². The predicted molar refractivity (Wildman–Crippen MR) is 101 cm³/mol. The van der Waals surface area contributed by atoms with E-state index >= 15 is 0 Å². The number of ether oxygens (including phenoxy) is 1. The molecule has 0 amide bonds. The summed E-state index contributed by atoms with van der Waals surface area (Å²) in [6.45, 7) is 2.13. The van der Waals surface area contributed by atoms with Crippen LogP contribution < -0.4 is 4.74 Å². The number of hydrogen-bond acceptors (Lipinski definition) is 3. The van der Waals surface area contributed by atoms with Crippen molar-refractivity contribution < 1.29 is 23.6 Å². The number of phosphoric acid groups is 1. The topological polar surface area (TPSA) is 76.0 Å². The summed E-state index contributed by atoms with van der Waals surface area (Å²) in [6, 6.07) is 9.31. The normalized spacial score (nSPS) is 12.9. The van der Waals surface area contributed by atoms with Gasteiger partial charge in [-0.3, -0.25) is 4.52 Å². The second-order valence-corrected chi connectivity index (χ2v) is 7.70. The predicted octanol–water partition coefficient (Wildman–Crippen LogP) is 5.46. The average Bonchev–Trinajstić information content (AvgIpc) is 2.58. The van der Waals surface area contributed by atoms with Gasteiger partial charge < -0.3 is 14.5 Å². The zero-order valence-corrected chi connectivity index (χ0v) is 16.2. The largest absolute Gasteiger partial charge is 0.488 e. The summed E-state index contributed by atoms with van der Waals surface area (Å²) in [6.07, 6.45) is 11.5. The Morgan fingerprint density at radius 1 is 0.920 bits per heavy atom. The molecule has 0 fully saturated rings. The van der Waals surface area contributed by atoms with Gasteiger partial charge in [0.25, 0.3) is 0 Å². The highest BCUT2D eigenvalue weighted by molar-refractivity contribution is 7.46. The molecular weight excluding hydrogens is 339 g/mol. The number of benzene rings is 1. The first-order valence-electron chi connectivity index (χ1n) is 9.43. The zero-order chi connectivity index (χ0) is 18.4. The van der Waals surface area contributed by atoms with Crippen molar-refractivity contribution >= 4 is 7.82 Å². The van der Waals surface area contributed by atoms with Gasteiger partial charge in [0.1, 0.15) is 11.9 Å². The van der Waals surface area contributed by atoms with Gasteiger partial charge in [0.2, 0.25) is 0 Å². The molecule has 0 aromatic heterocycles. The summed E-state index contributed by atoms with van der Waals surface area (Å²) in [4.78, 5) is 17.8. The lowest BCUT2D eigenvalue weighted by Crippen LogP contribution is -2.22. The maximum Gasteiger partial charge on any atom is 0.469 e. The zero-order valence-electron chi connectivity index (χ0n) is 15.3. The summed E-state index contributed by atoms with van der Waals surface area (Å²) >= 11 is 0. The van der Waals surface area contributed by atoms with Gasteiger partial charge in [-0.15, -0.1) is 0 Å². The SMILES string of the molecule is CCCCCCCCCCCC(COP(=O)(O)O)Oc1ccccc1. The summed E-state index contributed by atoms with van der Waals surface area (Å²) in [5.41, 5.74) is 0. The van der Waals surface area contributed by atoms with Gasteiger partial charge in [-0.1, -0.05) is 76.5 Å². The van der Waals surface area contributed by atoms with Crippen LogP contribution in [0.2, 0.25) is 0 Å². The van der Waals surface area contributed by atoms with E-state index in [1.807, 2.05) is 30.3 Å². The molecule has 1 rings (SSSR count). The van der Waals surface area contributed by atoms with Crippen LogP contribution in [0.25, 0.3) is 0 Å². The fourth-order valence-corrected chi connectivity index (χ4v) is 3.09. The summed E-state index contributed by atoms with van der Waals surface area (Å²) in [5, 5.41) is 0. The number of para-hydroxylation sites is 1. The van der Waals surface area contributed by atoms with Gasteiger partial charge in [-0.25, -0.2) is 4.57 Å². The maximum absolute atomic E-state index is 10.9. The fraction of sp³-hybridized carbons (Fsp3) is 0.684. The third-order valence-corrected chi connectivity index (χ3v) is 4.59. The summed E-state index contributed by atoms with van der Waals surface area (Å²) in [5.74, 6) is 0.692. The first-order valence-corrected chi connectivity index (χ1v) is 11.0. The Labute approximate surface area is 152 Å². The van der Waals surface area contributed by atoms with E-state index in [1.54, 1.807) is 0 Å². The van der Waals surface area contributed by atoms with E-state index < -0.39 is 7.82 Å². The van der Waals surface area contributed by atoms with E-state index in [4.69, 9.17) is 14.5 Å². The van der Waals surface area contributed by atoms with Crippen LogP contribution >= 0.6 is 7.82 Å². The quantitative estimate of drug-likeness (QED) is 0.316. The smallest absolute Gasteiger partial charge is 0.469 e. The maximum atomic E-state index is 10.9. The minimum atomic E-state index is -4.47. The molecule has 1 aromatic rings. The van der Waals surface area contributed by atoms with E-state index in [9.17, 15) is 4.57 Å². The molecule has 2 N–H and O–H groups in total. The van der Waals surface area contributed by atoms with E-state index in [0.717, 1.165) is 19.3 Å². The van der Waals surface area contributed by atoms with E-state index in [1.165, 1.54) is 44.9 Å². The molecule has 5 nitrogen and oxygen atoms in total. The van der Waals surface area contributed by atoms with Gasteiger partial charge >= 0.3 is 7.82 Å². The molecule has 0 spiro atoms. The first-order chi connectivity index (χ1) is 12.0. The Hall–Kier alpha value is -0.870. The molecule has 0 aliphatic carbocycles. The third kappa shape index (κ3) is 13.1. The highest BCUT2D eigenvalue weighted by Crippen LogP contribution is 2.36. The Kier molecular flexibility index (Phi) is 11.8. The van der Waals surface area contributed by atoms with Crippen LogP contribution in [0, 0.1) is 0 Å². The van der Waals surface area contributed by atoms with Gasteiger partial charge in [-0.2, -0.15) is 0 Å². The molecule has 0 radical (unpaired) electrons. The Balaban J connectivity index is 2.24. The Morgan fingerprint density at radius 2 is 1.48 bits per heavy atom. The van der Waals surface area contributed by atoms with Gasteiger partial charge in [-0.05, 0) is 25.0 Å². The molecule has 1 atom stereocenters. The number of unbranched alkanes of at least 4 members (excludes halogenated alkanes) is 8. The molecule has 144 valence electrons. The molecule has 0 saturated carbocycles. The van der Waals surface area contributed by atoms with Crippen molar-refractivity contribution in [3.05, 3.63) is 30.3 Å². The second kappa shape index (κ2) is 13.3. The van der Waals surface area contributed by atoms with Crippen molar-refractivity contribution in [2.24, 2.45) is 0 Å². The lowest BCUT2D eigenvalue weighted by Gasteiger charge is -2.19. The third-order valence-electron chi connectivity index (χ3n) is 4.10. The lowest BCUT2D eigenvalue weighted by atomic mass is 10.1. The van der Waals surface area contributed by atoms with Crippen LogP contribution in [0.3, 0.4) is 0 Å². The molecule has 0 aliphatic heterocycles. The molecule has 0 bridgehead atoms. The molecular formula is C19H33O5P. The van der Waals surface area contributed by atoms with Crippen LogP contribution in [0.4, 0.5) is 0 Å². The van der Waals surface area contributed by atoms with E-state index in [2.05, 4.69) is 11.4 Å². The number of rotatable bonds is 15. The molecule has 1 aromatic carbocycles. The molecule has 1 unspecified atom stereocenters. The van der Waals surface area contributed by atoms with Crippen LogP contribution in [0.15, 0.2) is 30.3 Å². The fourth-order valence-electron chi connectivity index (χ4n) is 2.73. The summed E-state index contributed by atoms with van der Waals surface area (Å²) < 4.78 is 21.4. The lowest BCUT2D eigenvalue weighted by molar-refractivity contribution is 0.0941. The molecule has 0 saturated heterocycles. The van der Waals surface area contributed by atoms with Crippen molar-refractivity contribution in [2.75, 3.05) is 6.61 Å². The van der Waals surface area contributed by atoms with Gasteiger partial charge in [0, 0.05) is 0 Å². The van der Waals surface area contributed by atoms with Crippen LogP contribution in [0.5, 0.6) is 5.75 Å². The minimum absolute atomic E-state index is 0.101. The van der Waals surface area contributed by atoms with Crippen LogP contribution in [-0.2, 0) is 9.09 Å². The van der Waals surface area contributed by atoms with Crippen molar-refractivity contribution in [2.45, 2.75) is 77.2 Å². The monoisotopic (exact) mass is 372 g/mol. The van der Waals surface area contributed by atoms with Crippen molar-refractivity contribution in [1.29, 1.82) is 0 Å². The van der Waals surface area contributed by atoms with Crippen LogP contribution in [0.1, 0.15) is 71.1 Å². The Bertz CT molecular complexity index is 474. The van der Waals surface area contributed by atoms with Crippen molar-refractivity contribution in [3.63, 3.8) is 0 Å². The van der Waals surface area contributed by atoms with E-state index in [0.29, 0.717) is 5.75 Å². The summed E-state index contributed by atoms with van der Waals surface area (Å²) in [7, 11) is -4.47. The van der Waals surface area contributed by atoms with Gasteiger partial charge in [0.05, 0.1) is 6.61 Å². The number of hydrogen-bond donors (Lipinski definition) is 2. The molecule has 6 heteroatoms. The highest BCUT2D eigenvalue weighted by atomic mass is 31.2. The second-order valence-electron chi connectivity index (χ2n) is 6.46. The molecule has 25 heavy (non-hydrogen) atoms. The molecule has 0 heterocycles. The number of phosphoric ester groups is 1. The standard InChI is InChI=1S/C19H33O5P/c1-2-3-4-5-6-7-8-9-11-16-19(17-23-25(20,21)22)24-18-14-12-10-13-15-18/h10,12-15,19H,2-9,11,16-17H2,1H3,(H2,20,21,22). The van der Waals surface area contributed by atoms with Crippen molar-refractivity contribution in [1.82, 2.24) is 0 Å². The van der Waals surface area contributed by atoms with E-state index in [-0.39, 0.29) is 12.7 Å². The first kappa shape index (κ1) is 22.2. The highest BCUT2D eigenvalue weighted by Gasteiger charge is 2.19. The molecule has 0 aliphatic rings. The minimum Gasteiger partial charge on any atom is -0.488 e. The Morgan fingerprint density at radius 3 is 2.04 bits per heavy atom. The average molecular weight is 372 g/mol. The van der Waals surface area contributed by atoms with Gasteiger partial charge in [0.15, 0.2) is 0 Å².